The quantitative estimate of drug-likeness (QED) is 0.479. The number of aromatic amines is 1. The van der Waals surface area contributed by atoms with Crippen LogP contribution in [-0.2, 0) is 16.6 Å². The van der Waals surface area contributed by atoms with Gasteiger partial charge in [-0.25, -0.2) is 8.42 Å². The maximum absolute atomic E-state index is 14.0. The zero-order valence-corrected chi connectivity index (χ0v) is 21.9. The van der Waals surface area contributed by atoms with Crippen molar-refractivity contribution in [3.05, 3.63) is 52.3 Å². The number of nitrogens with zero attached hydrogens (tertiary/aromatic N) is 2. The molecule has 1 aliphatic carbocycles. The second kappa shape index (κ2) is 9.88. The van der Waals surface area contributed by atoms with Crippen molar-refractivity contribution < 1.29 is 27.7 Å². The molecule has 0 saturated heterocycles. The number of H-pyrrole nitrogens is 1. The highest BCUT2D eigenvalue weighted by atomic mass is 32.2. The van der Waals surface area contributed by atoms with Crippen LogP contribution in [-0.4, -0.2) is 69.4 Å². The predicted octanol–water partition coefficient (Wildman–Crippen LogP) is 2.48. The van der Waals surface area contributed by atoms with Gasteiger partial charge >= 0.3 is 0 Å². The summed E-state index contributed by atoms with van der Waals surface area (Å²) in [6, 6.07) is 9.31. The lowest BCUT2D eigenvalue weighted by Crippen LogP contribution is -2.44. The Hall–Kier alpha value is -3.28. The molecule has 0 spiro atoms. The van der Waals surface area contributed by atoms with Gasteiger partial charge in [0.25, 0.3) is 5.56 Å². The van der Waals surface area contributed by atoms with Gasteiger partial charge in [0.15, 0.2) is 11.5 Å². The van der Waals surface area contributed by atoms with Crippen molar-refractivity contribution in [2.24, 2.45) is 0 Å². The third kappa shape index (κ3) is 4.51. The number of likely N-dealkylation sites (N-methyl/N-ethyl adjacent to an activating group) is 1. The zero-order chi connectivity index (χ0) is 26.3. The highest BCUT2D eigenvalue weighted by Gasteiger charge is 2.39. The van der Waals surface area contributed by atoms with Crippen LogP contribution in [0, 0.1) is 0 Å². The molecule has 3 aromatic rings. The van der Waals surface area contributed by atoms with Crippen LogP contribution in [0.1, 0.15) is 24.8 Å². The number of anilines is 1. The largest absolute Gasteiger partial charge is 0.493 e. The van der Waals surface area contributed by atoms with Gasteiger partial charge in [-0.3, -0.25) is 4.79 Å². The van der Waals surface area contributed by atoms with Gasteiger partial charge in [0.2, 0.25) is 10.0 Å². The lowest BCUT2D eigenvalue weighted by atomic mass is 10.1. The summed E-state index contributed by atoms with van der Waals surface area (Å²) in [6.45, 7) is 0.973. The molecule has 5 rings (SSSR count). The molecule has 198 valence electrons. The lowest BCUT2D eigenvalue weighted by molar-refractivity contribution is 0.110. The Morgan fingerprint density at radius 3 is 2.68 bits per heavy atom. The number of rotatable bonds is 7. The number of pyridine rings is 1. The number of aromatic nitrogens is 1. The highest BCUT2D eigenvalue weighted by Crippen LogP contribution is 2.37. The number of hydrogen-bond donors (Lipinski definition) is 2. The number of nitrogens with one attached hydrogen (secondary N) is 1. The molecule has 1 saturated carbocycles. The third-order valence-electron chi connectivity index (χ3n) is 7.21. The van der Waals surface area contributed by atoms with Crippen molar-refractivity contribution in [1.29, 1.82) is 0 Å². The predicted molar refractivity (Wildman–Crippen MR) is 139 cm³/mol. The molecule has 0 radical (unpaired) electrons. The van der Waals surface area contributed by atoms with Crippen LogP contribution in [0.4, 0.5) is 5.69 Å². The Labute approximate surface area is 215 Å². The van der Waals surface area contributed by atoms with Crippen LogP contribution in [0.2, 0.25) is 0 Å². The standard InChI is InChI=1S/C26H31N3O7S/c1-28-11-12-36-23-14-18(8-9-20(23)28)37(32,33)29(19-5-4-6-21(19)30)15-17-13-16-7-10-22(34-2)25(35-3)24(16)27-26(17)31/h7-10,13-14,19,21,30H,4-6,11-12,15H2,1-3H3,(H,27,31)/t19-,21-/m1/s1. The van der Waals surface area contributed by atoms with Crippen molar-refractivity contribution in [1.82, 2.24) is 9.29 Å². The molecule has 11 heteroatoms. The van der Waals surface area contributed by atoms with Crippen molar-refractivity contribution in [3.8, 4) is 17.2 Å². The number of methoxy groups -OCH3 is 2. The number of aliphatic hydroxyl groups excluding tert-OH is 1. The van der Waals surface area contributed by atoms with Gasteiger partial charge in [0.1, 0.15) is 12.4 Å². The van der Waals surface area contributed by atoms with Crippen molar-refractivity contribution in [2.45, 2.75) is 42.8 Å². The monoisotopic (exact) mass is 529 g/mol. The first kappa shape index (κ1) is 25.4. The number of fused-ring (bicyclic) bond motifs is 2. The minimum Gasteiger partial charge on any atom is -0.493 e. The molecular weight excluding hydrogens is 498 g/mol. The molecule has 1 fully saturated rings. The lowest BCUT2D eigenvalue weighted by Gasteiger charge is -2.31. The topological polar surface area (TPSA) is 121 Å². The van der Waals surface area contributed by atoms with Gasteiger partial charge in [0.05, 0.1) is 49.0 Å². The highest BCUT2D eigenvalue weighted by molar-refractivity contribution is 7.89. The molecule has 1 aromatic heterocycles. The second-order valence-electron chi connectivity index (χ2n) is 9.40. The summed E-state index contributed by atoms with van der Waals surface area (Å²) in [5.41, 5.74) is 1.09. The number of aliphatic hydroxyl groups is 1. The van der Waals surface area contributed by atoms with E-state index in [1.807, 2.05) is 11.9 Å². The molecule has 1 aliphatic heterocycles. The molecule has 2 aliphatic rings. The van der Waals surface area contributed by atoms with E-state index in [2.05, 4.69) is 4.98 Å². The first-order valence-corrected chi connectivity index (χ1v) is 13.6. The van der Waals surface area contributed by atoms with Crippen LogP contribution >= 0.6 is 0 Å². The molecule has 2 N–H and O–H groups in total. The third-order valence-corrected chi connectivity index (χ3v) is 9.08. The van der Waals surface area contributed by atoms with Crippen molar-refractivity contribution >= 4 is 26.6 Å². The van der Waals surface area contributed by atoms with E-state index in [1.54, 1.807) is 30.3 Å². The van der Waals surface area contributed by atoms with E-state index in [9.17, 15) is 18.3 Å². The fraction of sp³-hybridized carbons (Fsp3) is 0.423. The maximum Gasteiger partial charge on any atom is 0.253 e. The summed E-state index contributed by atoms with van der Waals surface area (Å²) in [7, 11) is 0.836. The number of benzene rings is 2. The van der Waals surface area contributed by atoms with E-state index in [4.69, 9.17) is 14.2 Å². The second-order valence-corrected chi connectivity index (χ2v) is 11.3. The Morgan fingerprint density at radius 2 is 1.97 bits per heavy atom. The van der Waals surface area contributed by atoms with Gasteiger partial charge in [0, 0.05) is 30.6 Å². The fourth-order valence-electron chi connectivity index (χ4n) is 5.20. The van der Waals surface area contributed by atoms with Crippen LogP contribution in [0.25, 0.3) is 10.9 Å². The van der Waals surface area contributed by atoms with Gasteiger partial charge in [-0.15, -0.1) is 0 Å². The molecule has 0 bridgehead atoms. The molecule has 0 unspecified atom stereocenters. The average molecular weight is 530 g/mol. The molecule has 2 heterocycles. The van der Waals surface area contributed by atoms with Gasteiger partial charge in [-0.1, -0.05) is 0 Å². The Bertz CT molecular complexity index is 1490. The Balaban J connectivity index is 1.58. The fourth-order valence-corrected chi connectivity index (χ4v) is 6.87. The van der Waals surface area contributed by atoms with E-state index in [1.165, 1.54) is 24.6 Å². The molecule has 2 aromatic carbocycles. The smallest absolute Gasteiger partial charge is 0.253 e. The molecule has 10 nitrogen and oxygen atoms in total. The average Bonchev–Trinajstić information content (AvgIpc) is 3.31. The van der Waals surface area contributed by atoms with Gasteiger partial charge < -0.3 is 29.2 Å². The summed E-state index contributed by atoms with van der Waals surface area (Å²) >= 11 is 0. The van der Waals surface area contributed by atoms with E-state index in [0.29, 0.717) is 60.6 Å². The Morgan fingerprint density at radius 1 is 1.16 bits per heavy atom. The van der Waals surface area contributed by atoms with Gasteiger partial charge in [-0.05, 0) is 49.6 Å². The first-order valence-electron chi connectivity index (χ1n) is 12.2. The Kier molecular flexibility index (Phi) is 6.78. The van der Waals surface area contributed by atoms with E-state index < -0.39 is 27.7 Å². The normalized spacial score (nSPS) is 19.6. The molecule has 37 heavy (non-hydrogen) atoms. The number of hydrogen-bond acceptors (Lipinski definition) is 8. The van der Waals surface area contributed by atoms with Crippen molar-refractivity contribution in [2.75, 3.05) is 39.3 Å². The van der Waals surface area contributed by atoms with Crippen LogP contribution in [0.15, 0.2) is 46.1 Å². The van der Waals surface area contributed by atoms with Gasteiger partial charge in [-0.2, -0.15) is 4.31 Å². The van der Waals surface area contributed by atoms with Crippen LogP contribution in [0.5, 0.6) is 17.2 Å². The zero-order valence-electron chi connectivity index (χ0n) is 21.1. The first-order chi connectivity index (χ1) is 17.7. The van der Waals surface area contributed by atoms with E-state index >= 15 is 0 Å². The maximum atomic E-state index is 14.0. The molecular formula is C26H31N3O7S. The number of ether oxygens (including phenoxy) is 3. The summed E-state index contributed by atoms with van der Waals surface area (Å²) in [5.74, 6) is 1.35. The minimum absolute atomic E-state index is 0.0595. The van der Waals surface area contributed by atoms with Crippen molar-refractivity contribution in [3.63, 3.8) is 0 Å². The minimum atomic E-state index is -4.08. The summed E-state index contributed by atoms with van der Waals surface area (Å²) in [5, 5.41) is 11.4. The molecule has 0 amide bonds. The molecule has 2 atom stereocenters. The number of sulfonamides is 1. The summed E-state index contributed by atoms with van der Waals surface area (Å²) < 4.78 is 45.7. The van der Waals surface area contributed by atoms with E-state index in [0.717, 1.165) is 5.69 Å². The van der Waals surface area contributed by atoms with E-state index in [-0.39, 0.29) is 17.0 Å². The summed E-state index contributed by atoms with van der Waals surface area (Å²) in [4.78, 5) is 18.1. The SMILES string of the molecule is COc1ccc2cc(CN([C@@H]3CCC[C@H]3O)S(=O)(=O)c3ccc4c(c3)OCCN4C)c(=O)[nH]c2c1OC. The van der Waals surface area contributed by atoms with Crippen LogP contribution < -0.4 is 24.7 Å². The van der Waals surface area contributed by atoms with Crippen LogP contribution in [0.3, 0.4) is 0 Å². The summed E-state index contributed by atoms with van der Waals surface area (Å²) in [6.07, 6.45) is 0.876.